The van der Waals surface area contributed by atoms with Crippen molar-refractivity contribution in [2.24, 2.45) is 5.92 Å². The lowest BCUT2D eigenvalue weighted by Gasteiger charge is -2.42. The number of pyridine rings is 1. The number of halogens is 3. The second kappa shape index (κ2) is 11.8. The predicted octanol–water partition coefficient (Wildman–Crippen LogP) is 5.48. The van der Waals surface area contributed by atoms with Gasteiger partial charge in [0.25, 0.3) is 11.7 Å². The predicted molar refractivity (Wildman–Crippen MR) is 154 cm³/mol. The minimum atomic E-state index is -3.38. The van der Waals surface area contributed by atoms with E-state index in [4.69, 9.17) is 32.7 Å². The third-order valence-electron chi connectivity index (χ3n) is 7.73. The number of nitrogens with one attached hydrogen (secondary N) is 1. The molecule has 2 atom stereocenters. The molecule has 2 aliphatic heterocycles. The van der Waals surface area contributed by atoms with E-state index in [1.807, 2.05) is 0 Å². The molecule has 0 radical (unpaired) electrons. The smallest absolute Gasteiger partial charge is 0.281 e. The maximum Gasteiger partial charge on any atom is 0.281 e. The molecule has 0 bridgehead atoms. The number of sulfone groups is 1. The lowest BCUT2D eigenvalue weighted by Crippen LogP contribution is -2.50. The van der Waals surface area contributed by atoms with Crippen molar-refractivity contribution in [2.45, 2.75) is 42.9 Å². The van der Waals surface area contributed by atoms with Gasteiger partial charge in [-0.25, -0.2) is 12.8 Å². The Bertz CT molecular complexity index is 1530. The van der Waals surface area contributed by atoms with E-state index in [1.165, 1.54) is 24.5 Å². The quantitative estimate of drug-likeness (QED) is 0.356. The van der Waals surface area contributed by atoms with Crippen LogP contribution in [0, 0.1) is 11.7 Å². The minimum Gasteiger partial charge on any atom is -0.444 e. The molecule has 12 heteroatoms. The van der Waals surface area contributed by atoms with Gasteiger partial charge in [-0.3, -0.25) is 9.78 Å². The minimum absolute atomic E-state index is 0.0822. The van der Waals surface area contributed by atoms with Crippen LogP contribution in [0.1, 0.15) is 42.1 Å². The molecular formula is C29H30Cl2FN3O5S. The number of ether oxygens (including phenoxy) is 2. The van der Waals surface area contributed by atoms with Gasteiger partial charge < -0.3 is 19.7 Å². The third-order valence-corrected chi connectivity index (χ3v) is 9.43. The molecule has 2 aromatic carbocycles. The number of piperidine rings is 1. The number of nitrogens with zero attached hydrogens (tertiary/aromatic N) is 2. The monoisotopic (exact) mass is 621 g/mol. The molecule has 2 unspecified atom stereocenters. The zero-order chi connectivity index (χ0) is 29.4. The average Bonchev–Trinajstić information content (AvgIpc) is 3.32. The van der Waals surface area contributed by atoms with Gasteiger partial charge in [-0.2, -0.15) is 0 Å². The first-order chi connectivity index (χ1) is 19.5. The van der Waals surface area contributed by atoms with E-state index in [9.17, 15) is 17.6 Å². The fourth-order valence-electron chi connectivity index (χ4n) is 5.46. The van der Waals surface area contributed by atoms with Gasteiger partial charge in [-0.1, -0.05) is 23.2 Å². The number of fused-ring (bicyclic) bond motifs is 1. The lowest BCUT2D eigenvalue weighted by molar-refractivity contribution is -0.149. The standard InChI is InChI=1S/C29H30Cl2FN3O5S/c1-18(9-12-34-28(36)27-23(30)16-33-17-24(27)31)35-13-10-20(11-14-35)29(19-3-6-22(7-4-19)41(2,37)38)39-25-8-5-21(32)15-26(25)40-29/h3-8,15-18,20H,9-14H2,1-2H3,(H,34,36). The molecule has 0 spiro atoms. The number of aromatic nitrogens is 1. The number of hydrogen-bond donors (Lipinski definition) is 1. The summed E-state index contributed by atoms with van der Waals surface area (Å²) in [6.07, 6.45) is 6.09. The van der Waals surface area contributed by atoms with E-state index in [1.54, 1.807) is 30.3 Å². The second-order valence-corrected chi connectivity index (χ2v) is 13.3. The van der Waals surface area contributed by atoms with E-state index in [0.717, 1.165) is 32.2 Å². The van der Waals surface area contributed by atoms with E-state index in [0.29, 0.717) is 30.0 Å². The Kier molecular flexibility index (Phi) is 8.48. The van der Waals surface area contributed by atoms with Crippen LogP contribution >= 0.6 is 23.2 Å². The van der Waals surface area contributed by atoms with E-state index < -0.39 is 21.4 Å². The summed E-state index contributed by atoms with van der Waals surface area (Å²) in [4.78, 5) is 19.0. The number of amides is 1. The molecule has 218 valence electrons. The molecule has 3 heterocycles. The summed E-state index contributed by atoms with van der Waals surface area (Å²) < 4.78 is 50.9. The Morgan fingerprint density at radius 2 is 1.73 bits per heavy atom. The van der Waals surface area contributed by atoms with Gasteiger partial charge in [-0.15, -0.1) is 0 Å². The molecule has 1 N–H and O–H groups in total. The molecule has 8 nitrogen and oxygen atoms in total. The van der Waals surface area contributed by atoms with Crippen molar-refractivity contribution in [3.05, 3.63) is 81.8 Å². The van der Waals surface area contributed by atoms with Crippen LogP contribution < -0.4 is 14.8 Å². The molecule has 1 amide bonds. The van der Waals surface area contributed by atoms with Gasteiger partial charge in [0.05, 0.1) is 20.5 Å². The first-order valence-corrected chi connectivity index (χ1v) is 15.9. The molecule has 0 saturated carbocycles. The van der Waals surface area contributed by atoms with Crippen LogP contribution in [0.25, 0.3) is 0 Å². The lowest BCUT2D eigenvalue weighted by atomic mass is 9.83. The molecule has 2 aliphatic rings. The maximum atomic E-state index is 14.0. The Hall–Kier alpha value is -2.92. The summed E-state index contributed by atoms with van der Waals surface area (Å²) in [6, 6.07) is 10.9. The Balaban J connectivity index is 1.25. The number of hydrogen-bond acceptors (Lipinski definition) is 7. The summed E-state index contributed by atoms with van der Waals surface area (Å²) in [5, 5.41) is 3.29. The zero-order valence-corrected chi connectivity index (χ0v) is 24.9. The van der Waals surface area contributed by atoms with Gasteiger partial charge in [-0.05, 0) is 75.7 Å². The van der Waals surface area contributed by atoms with Crippen molar-refractivity contribution in [3.63, 3.8) is 0 Å². The van der Waals surface area contributed by atoms with Crippen molar-refractivity contribution in [1.29, 1.82) is 0 Å². The Labute approximate surface area is 248 Å². The van der Waals surface area contributed by atoms with Crippen LogP contribution in [0.3, 0.4) is 0 Å². The number of carbonyl (C=O) groups excluding carboxylic acids is 1. The van der Waals surface area contributed by atoms with E-state index in [-0.39, 0.29) is 38.4 Å². The topological polar surface area (TPSA) is 97.8 Å². The highest BCUT2D eigenvalue weighted by Crippen LogP contribution is 2.50. The summed E-state index contributed by atoms with van der Waals surface area (Å²) in [7, 11) is -3.38. The Morgan fingerprint density at radius 3 is 2.37 bits per heavy atom. The molecule has 1 aromatic heterocycles. The second-order valence-electron chi connectivity index (χ2n) is 10.4. The Morgan fingerprint density at radius 1 is 1.10 bits per heavy atom. The number of rotatable bonds is 8. The number of likely N-dealkylation sites (tertiary alicyclic amines) is 1. The summed E-state index contributed by atoms with van der Waals surface area (Å²) in [6.45, 7) is 4.06. The fourth-order valence-corrected chi connectivity index (χ4v) is 6.63. The van der Waals surface area contributed by atoms with Crippen molar-refractivity contribution in [1.82, 2.24) is 15.2 Å². The first-order valence-electron chi connectivity index (χ1n) is 13.3. The summed E-state index contributed by atoms with van der Waals surface area (Å²) >= 11 is 12.2. The normalized spacial score (nSPS) is 20.1. The van der Waals surface area contributed by atoms with E-state index >= 15 is 0 Å². The highest BCUT2D eigenvalue weighted by molar-refractivity contribution is 7.90. The molecule has 3 aromatic rings. The number of benzene rings is 2. The van der Waals surface area contributed by atoms with Gasteiger partial charge in [0, 0.05) is 48.8 Å². The average molecular weight is 623 g/mol. The zero-order valence-electron chi connectivity index (χ0n) is 22.6. The first kappa shape index (κ1) is 29.6. The third kappa shape index (κ3) is 6.16. The van der Waals surface area contributed by atoms with Gasteiger partial charge in [0.2, 0.25) is 0 Å². The molecular weight excluding hydrogens is 592 g/mol. The molecule has 0 aliphatic carbocycles. The molecule has 5 rings (SSSR count). The maximum absolute atomic E-state index is 14.0. The molecule has 1 fully saturated rings. The van der Waals surface area contributed by atoms with Crippen LogP contribution in [-0.4, -0.2) is 56.1 Å². The number of carbonyl (C=O) groups is 1. The van der Waals surface area contributed by atoms with Crippen molar-refractivity contribution in [3.8, 4) is 11.5 Å². The van der Waals surface area contributed by atoms with Crippen molar-refractivity contribution < 1.29 is 27.1 Å². The fraction of sp³-hybridized carbons (Fsp3) is 0.379. The molecule has 41 heavy (non-hydrogen) atoms. The summed E-state index contributed by atoms with van der Waals surface area (Å²) in [5.41, 5.74) is 0.883. The highest BCUT2D eigenvalue weighted by atomic mass is 35.5. The van der Waals surface area contributed by atoms with Crippen LogP contribution in [0.4, 0.5) is 4.39 Å². The van der Waals surface area contributed by atoms with Crippen LogP contribution in [-0.2, 0) is 15.6 Å². The SMILES string of the molecule is CC(CCNC(=O)c1c(Cl)cncc1Cl)N1CCC(C2(c3ccc(S(C)(=O)=O)cc3)Oc3ccc(F)cc3O2)CC1. The van der Waals surface area contributed by atoms with Gasteiger partial charge >= 0.3 is 0 Å². The van der Waals surface area contributed by atoms with Crippen molar-refractivity contribution in [2.75, 3.05) is 25.9 Å². The van der Waals surface area contributed by atoms with Crippen molar-refractivity contribution >= 4 is 38.9 Å². The molecule has 1 saturated heterocycles. The van der Waals surface area contributed by atoms with Crippen LogP contribution in [0.15, 0.2) is 59.8 Å². The van der Waals surface area contributed by atoms with Gasteiger partial charge in [0.15, 0.2) is 21.3 Å². The van der Waals surface area contributed by atoms with Crippen LogP contribution in [0.2, 0.25) is 10.0 Å². The van der Waals surface area contributed by atoms with Gasteiger partial charge in [0.1, 0.15) is 5.82 Å². The highest BCUT2D eigenvalue weighted by Gasteiger charge is 2.51. The van der Waals surface area contributed by atoms with Crippen LogP contribution in [0.5, 0.6) is 11.5 Å². The largest absolute Gasteiger partial charge is 0.444 e. The van der Waals surface area contributed by atoms with E-state index in [2.05, 4.69) is 22.1 Å². The summed E-state index contributed by atoms with van der Waals surface area (Å²) in [5.74, 6) is -1.30.